The van der Waals surface area contributed by atoms with Crippen molar-refractivity contribution in [3.05, 3.63) is 12.2 Å². The van der Waals surface area contributed by atoms with Crippen LogP contribution in [-0.4, -0.2) is 12.5 Å². The summed E-state index contributed by atoms with van der Waals surface area (Å²) >= 11 is 0. The number of rotatable bonds is 10. The summed E-state index contributed by atoms with van der Waals surface area (Å²) in [6.07, 6.45) is 13.2. The van der Waals surface area contributed by atoms with Crippen LogP contribution in [-0.2, 0) is 4.79 Å². The molecule has 0 aromatic heterocycles. The number of unbranched alkanes of at least 4 members (excludes halogenated alkanes) is 5. The van der Waals surface area contributed by atoms with Crippen LogP contribution < -0.4 is 5.32 Å². The van der Waals surface area contributed by atoms with Crippen LogP contribution >= 0.6 is 0 Å². The first-order chi connectivity index (χ1) is 7.81. The molecule has 0 unspecified atom stereocenters. The topological polar surface area (TPSA) is 29.1 Å². The first-order valence-electron chi connectivity index (χ1n) is 6.69. The first kappa shape index (κ1) is 15.2. The molecule has 0 radical (unpaired) electrons. The van der Waals surface area contributed by atoms with E-state index in [1.807, 2.05) is 13.0 Å². The molecule has 0 bridgehead atoms. The fourth-order valence-electron chi connectivity index (χ4n) is 1.62. The summed E-state index contributed by atoms with van der Waals surface area (Å²) < 4.78 is 0. The molecule has 1 N–H and O–H groups in total. The minimum Gasteiger partial charge on any atom is -0.356 e. The summed E-state index contributed by atoms with van der Waals surface area (Å²) in [5.41, 5.74) is 0. The fourth-order valence-corrected chi connectivity index (χ4v) is 1.62. The quantitative estimate of drug-likeness (QED) is 0.444. The minimum absolute atomic E-state index is 0.208. The Balaban J connectivity index is 3.17. The zero-order valence-corrected chi connectivity index (χ0v) is 10.9. The van der Waals surface area contributed by atoms with Crippen molar-refractivity contribution in [1.29, 1.82) is 0 Å². The van der Waals surface area contributed by atoms with E-state index >= 15 is 0 Å². The molecule has 16 heavy (non-hydrogen) atoms. The highest BCUT2D eigenvalue weighted by atomic mass is 16.1. The van der Waals surface area contributed by atoms with Crippen molar-refractivity contribution < 1.29 is 4.79 Å². The Labute approximate surface area is 101 Å². The van der Waals surface area contributed by atoms with Crippen LogP contribution in [0, 0.1) is 0 Å². The number of nitrogens with one attached hydrogen (secondary N) is 1. The third kappa shape index (κ3) is 11.3. The van der Waals surface area contributed by atoms with Gasteiger partial charge in [0, 0.05) is 13.0 Å². The Morgan fingerprint density at radius 2 is 1.81 bits per heavy atom. The van der Waals surface area contributed by atoms with Gasteiger partial charge in [-0.25, -0.2) is 0 Å². The van der Waals surface area contributed by atoms with E-state index in [9.17, 15) is 4.79 Å². The smallest absolute Gasteiger partial charge is 0.220 e. The highest BCUT2D eigenvalue weighted by Gasteiger charge is 1.99. The van der Waals surface area contributed by atoms with Crippen molar-refractivity contribution in [3.63, 3.8) is 0 Å². The third-order valence-corrected chi connectivity index (χ3v) is 2.63. The molecule has 0 aromatic rings. The molecule has 1 amide bonds. The number of amides is 1. The Bertz CT molecular complexity index is 187. The molecule has 2 nitrogen and oxygen atoms in total. The van der Waals surface area contributed by atoms with Gasteiger partial charge in [0.2, 0.25) is 5.91 Å². The number of allylic oxidation sites excluding steroid dienone is 1. The van der Waals surface area contributed by atoms with Crippen LogP contribution in [0.4, 0.5) is 0 Å². The Morgan fingerprint density at radius 1 is 1.12 bits per heavy atom. The van der Waals surface area contributed by atoms with Gasteiger partial charge in [0.05, 0.1) is 0 Å². The molecule has 0 aromatic carbocycles. The Hall–Kier alpha value is -0.790. The first-order valence-corrected chi connectivity index (χ1v) is 6.69. The van der Waals surface area contributed by atoms with E-state index in [1.54, 1.807) is 0 Å². The van der Waals surface area contributed by atoms with Crippen molar-refractivity contribution in [2.75, 3.05) is 6.54 Å². The maximum Gasteiger partial charge on any atom is 0.220 e. The highest BCUT2D eigenvalue weighted by molar-refractivity contribution is 5.75. The number of carbonyl (C=O) groups is 1. The summed E-state index contributed by atoms with van der Waals surface area (Å²) in [7, 11) is 0. The molecule has 94 valence electrons. The van der Waals surface area contributed by atoms with Crippen LogP contribution in [0.3, 0.4) is 0 Å². The summed E-state index contributed by atoms with van der Waals surface area (Å²) in [5, 5.41) is 2.93. The maximum atomic E-state index is 11.4. The van der Waals surface area contributed by atoms with Gasteiger partial charge >= 0.3 is 0 Å². The van der Waals surface area contributed by atoms with Gasteiger partial charge in [-0.3, -0.25) is 4.79 Å². The van der Waals surface area contributed by atoms with Gasteiger partial charge in [0.25, 0.3) is 0 Å². The van der Waals surface area contributed by atoms with E-state index in [4.69, 9.17) is 0 Å². The van der Waals surface area contributed by atoms with Crippen LogP contribution in [0.5, 0.6) is 0 Å². The van der Waals surface area contributed by atoms with Crippen LogP contribution in [0.2, 0.25) is 0 Å². The lowest BCUT2D eigenvalue weighted by Gasteiger charge is -2.03. The molecule has 0 atom stereocenters. The summed E-state index contributed by atoms with van der Waals surface area (Å²) in [4.78, 5) is 11.4. The van der Waals surface area contributed by atoms with Crippen molar-refractivity contribution in [3.8, 4) is 0 Å². The lowest BCUT2D eigenvalue weighted by atomic mass is 10.1. The standard InChI is InChI=1S/C14H27NO/c1-3-5-7-8-9-10-12-14(16)15-13-11-6-4-2/h4,6H,3,5,7-13H2,1-2H3,(H,15,16)/b6-4+. The molecule has 0 saturated heterocycles. The lowest BCUT2D eigenvalue weighted by Crippen LogP contribution is -2.23. The second-order valence-electron chi connectivity index (χ2n) is 4.23. The van der Waals surface area contributed by atoms with Gasteiger partial charge in [-0.2, -0.15) is 0 Å². The van der Waals surface area contributed by atoms with Crippen LogP contribution in [0.25, 0.3) is 0 Å². The normalized spacial score (nSPS) is 10.9. The predicted octanol–water partition coefficient (Wildman–Crippen LogP) is 3.82. The van der Waals surface area contributed by atoms with Crippen LogP contribution in [0.1, 0.15) is 65.2 Å². The van der Waals surface area contributed by atoms with E-state index in [0.717, 1.165) is 19.4 Å². The average molecular weight is 225 g/mol. The molecule has 0 spiro atoms. The molecule has 0 aliphatic heterocycles. The van der Waals surface area contributed by atoms with Gasteiger partial charge < -0.3 is 5.32 Å². The number of carbonyl (C=O) groups excluding carboxylic acids is 1. The van der Waals surface area contributed by atoms with Crippen molar-refractivity contribution in [2.24, 2.45) is 0 Å². The second kappa shape index (κ2) is 12.3. The monoisotopic (exact) mass is 225 g/mol. The van der Waals surface area contributed by atoms with Crippen molar-refractivity contribution >= 4 is 5.91 Å². The molecule has 0 saturated carbocycles. The van der Waals surface area contributed by atoms with Gasteiger partial charge in [0.15, 0.2) is 0 Å². The van der Waals surface area contributed by atoms with E-state index in [1.165, 1.54) is 32.1 Å². The van der Waals surface area contributed by atoms with Crippen LogP contribution in [0.15, 0.2) is 12.2 Å². The van der Waals surface area contributed by atoms with E-state index in [0.29, 0.717) is 6.42 Å². The zero-order valence-electron chi connectivity index (χ0n) is 10.9. The predicted molar refractivity (Wildman–Crippen MR) is 70.4 cm³/mol. The lowest BCUT2D eigenvalue weighted by molar-refractivity contribution is -0.121. The van der Waals surface area contributed by atoms with Gasteiger partial charge in [-0.15, -0.1) is 0 Å². The molecule has 0 fully saturated rings. The molecule has 2 heteroatoms. The van der Waals surface area contributed by atoms with E-state index < -0.39 is 0 Å². The molecule has 0 heterocycles. The third-order valence-electron chi connectivity index (χ3n) is 2.63. The molecular weight excluding hydrogens is 198 g/mol. The summed E-state index contributed by atoms with van der Waals surface area (Å²) in [5.74, 6) is 0.208. The molecule has 0 aliphatic rings. The number of hydrogen-bond donors (Lipinski definition) is 1. The molecule has 0 rings (SSSR count). The maximum absolute atomic E-state index is 11.4. The van der Waals surface area contributed by atoms with Gasteiger partial charge in [-0.05, 0) is 19.8 Å². The molecular formula is C14H27NO. The molecule has 0 aliphatic carbocycles. The summed E-state index contributed by atoms with van der Waals surface area (Å²) in [6, 6.07) is 0. The Kier molecular flexibility index (Phi) is 11.7. The largest absolute Gasteiger partial charge is 0.356 e. The van der Waals surface area contributed by atoms with E-state index in [2.05, 4.69) is 18.3 Å². The second-order valence-corrected chi connectivity index (χ2v) is 4.23. The van der Waals surface area contributed by atoms with Gasteiger partial charge in [0.1, 0.15) is 0 Å². The average Bonchev–Trinajstić information content (AvgIpc) is 2.29. The zero-order chi connectivity index (χ0) is 12.1. The van der Waals surface area contributed by atoms with Gasteiger partial charge in [-0.1, -0.05) is 51.2 Å². The minimum atomic E-state index is 0.208. The van der Waals surface area contributed by atoms with Crippen molar-refractivity contribution in [1.82, 2.24) is 5.32 Å². The van der Waals surface area contributed by atoms with E-state index in [-0.39, 0.29) is 5.91 Å². The Morgan fingerprint density at radius 3 is 2.50 bits per heavy atom. The SMILES string of the molecule is C/C=C/CCNC(=O)CCCCCCCC. The summed E-state index contributed by atoms with van der Waals surface area (Å²) in [6.45, 7) is 5.00. The van der Waals surface area contributed by atoms with Crippen molar-refractivity contribution in [2.45, 2.75) is 65.2 Å². The number of hydrogen-bond acceptors (Lipinski definition) is 1. The fraction of sp³-hybridized carbons (Fsp3) is 0.786. The highest BCUT2D eigenvalue weighted by Crippen LogP contribution is 2.06.